The lowest BCUT2D eigenvalue weighted by Gasteiger charge is -2.35. The van der Waals surface area contributed by atoms with Gasteiger partial charge in [-0.05, 0) is 44.4 Å². The molecule has 1 saturated carbocycles. The predicted octanol–water partition coefficient (Wildman–Crippen LogP) is 4.06. The van der Waals surface area contributed by atoms with Crippen LogP contribution in [0.1, 0.15) is 38.3 Å². The molecule has 24 heavy (non-hydrogen) atoms. The van der Waals surface area contributed by atoms with E-state index in [-0.39, 0.29) is 18.7 Å². The fourth-order valence-corrected chi connectivity index (χ4v) is 3.49. The summed E-state index contributed by atoms with van der Waals surface area (Å²) >= 11 is 12.2. The minimum atomic E-state index is -0.656. The van der Waals surface area contributed by atoms with E-state index >= 15 is 0 Å². The van der Waals surface area contributed by atoms with E-state index in [2.05, 4.69) is 5.32 Å². The summed E-state index contributed by atoms with van der Waals surface area (Å²) in [5, 5.41) is 3.77. The Morgan fingerprint density at radius 2 is 2.08 bits per heavy atom. The lowest BCUT2D eigenvalue weighted by atomic mass is 9.94. The summed E-state index contributed by atoms with van der Waals surface area (Å²) in [6, 6.07) is 4.26. The zero-order chi connectivity index (χ0) is 17.4. The fourth-order valence-electron chi connectivity index (χ4n) is 2.97. The maximum absolute atomic E-state index is 12.5. The molecular weight excluding hydrogens is 351 g/mol. The Hall–Kier alpha value is -1.72. The molecule has 0 spiro atoms. The average molecular weight is 369 g/mol. The molecule has 1 atom stereocenters. The number of nitrogens with one attached hydrogen (secondary N) is 1. The minimum Gasteiger partial charge on any atom is -0.463 e. The lowest BCUT2D eigenvalue weighted by Crippen LogP contribution is -2.49. The molecule has 0 unspecified atom stereocenters. The molecule has 5 nitrogen and oxygen atoms in total. The van der Waals surface area contributed by atoms with Crippen LogP contribution >= 0.6 is 23.2 Å². The topological polar surface area (TPSA) is 58.6 Å². The number of nitrogens with zero attached hydrogens (tertiary/aromatic N) is 1. The Bertz CT molecular complexity index is 729. The molecule has 1 aliphatic heterocycles. The quantitative estimate of drug-likeness (QED) is 0.815. The third kappa shape index (κ3) is 3.10. The number of rotatable bonds is 4. The summed E-state index contributed by atoms with van der Waals surface area (Å²) in [5.74, 6) is -0.448. The second-order valence-corrected chi connectivity index (χ2v) is 6.71. The van der Waals surface area contributed by atoms with Crippen LogP contribution in [0.25, 0.3) is 0 Å². The van der Waals surface area contributed by atoms with Gasteiger partial charge in [0.05, 0.1) is 18.2 Å². The van der Waals surface area contributed by atoms with Crippen molar-refractivity contribution < 1.29 is 14.3 Å². The van der Waals surface area contributed by atoms with Crippen molar-refractivity contribution in [2.24, 2.45) is 0 Å². The SMILES string of the molecule is CCOC(=O)C1=C(C)N(C2CC2)C(=O)N[C@H]1c1ccc(Cl)cc1Cl. The van der Waals surface area contributed by atoms with Crippen LogP contribution in [0.4, 0.5) is 4.79 Å². The Balaban J connectivity index is 2.09. The van der Waals surface area contributed by atoms with E-state index in [9.17, 15) is 9.59 Å². The number of hydrogen-bond donors (Lipinski definition) is 1. The molecule has 2 amide bonds. The van der Waals surface area contributed by atoms with Crippen molar-refractivity contribution in [3.8, 4) is 0 Å². The number of urea groups is 1. The summed E-state index contributed by atoms with van der Waals surface area (Å²) < 4.78 is 5.21. The Labute approximate surface area is 150 Å². The van der Waals surface area contributed by atoms with Gasteiger partial charge in [-0.2, -0.15) is 0 Å². The zero-order valence-corrected chi connectivity index (χ0v) is 14.9. The molecule has 2 aliphatic rings. The molecule has 0 saturated heterocycles. The average Bonchev–Trinajstić information content (AvgIpc) is 3.31. The fraction of sp³-hybridized carbons (Fsp3) is 0.412. The number of ether oxygens (including phenoxy) is 1. The van der Waals surface area contributed by atoms with Crippen molar-refractivity contribution >= 4 is 35.2 Å². The molecule has 3 rings (SSSR count). The molecule has 0 aromatic heterocycles. The van der Waals surface area contributed by atoms with Crippen molar-refractivity contribution in [3.63, 3.8) is 0 Å². The van der Waals surface area contributed by atoms with E-state index < -0.39 is 12.0 Å². The zero-order valence-electron chi connectivity index (χ0n) is 13.4. The van der Waals surface area contributed by atoms with Crippen molar-refractivity contribution in [1.29, 1.82) is 0 Å². The number of benzene rings is 1. The molecule has 1 heterocycles. The lowest BCUT2D eigenvalue weighted by molar-refractivity contribution is -0.139. The minimum absolute atomic E-state index is 0.149. The van der Waals surface area contributed by atoms with Crippen LogP contribution in [-0.2, 0) is 9.53 Å². The van der Waals surface area contributed by atoms with Crippen LogP contribution in [0.5, 0.6) is 0 Å². The molecule has 1 aliphatic carbocycles. The maximum Gasteiger partial charge on any atom is 0.338 e. The summed E-state index contributed by atoms with van der Waals surface area (Å²) in [5.41, 5.74) is 1.65. The Kier molecular flexibility index (Phi) is 4.74. The molecule has 7 heteroatoms. The van der Waals surface area contributed by atoms with Crippen molar-refractivity contribution in [3.05, 3.63) is 45.1 Å². The molecule has 1 fully saturated rings. The van der Waals surface area contributed by atoms with Crippen molar-refractivity contribution in [1.82, 2.24) is 10.2 Å². The third-order valence-corrected chi connectivity index (χ3v) is 4.77. The Morgan fingerprint density at radius 3 is 2.67 bits per heavy atom. The summed E-state index contributed by atoms with van der Waals surface area (Å²) in [4.78, 5) is 26.7. The number of hydrogen-bond acceptors (Lipinski definition) is 3. The summed E-state index contributed by atoms with van der Waals surface area (Å²) in [6.07, 6.45) is 1.88. The van der Waals surface area contributed by atoms with Crippen molar-refractivity contribution in [2.75, 3.05) is 6.61 Å². The predicted molar refractivity (Wildman–Crippen MR) is 91.9 cm³/mol. The van der Waals surface area contributed by atoms with Gasteiger partial charge in [-0.25, -0.2) is 9.59 Å². The number of amides is 2. The van der Waals surface area contributed by atoms with Crippen molar-refractivity contribution in [2.45, 2.75) is 38.8 Å². The maximum atomic E-state index is 12.5. The highest BCUT2D eigenvalue weighted by Crippen LogP contribution is 2.39. The van der Waals surface area contributed by atoms with Gasteiger partial charge in [0.1, 0.15) is 0 Å². The number of carbonyl (C=O) groups is 2. The summed E-state index contributed by atoms with van der Waals surface area (Å²) in [7, 11) is 0. The number of carbonyl (C=O) groups excluding carboxylic acids is 2. The summed E-state index contributed by atoms with van der Waals surface area (Å²) in [6.45, 7) is 3.78. The first-order valence-corrected chi connectivity index (χ1v) is 8.62. The van der Waals surface area contributed by atoms with Crippen LogP contribution < -0.4 is 5.32 Å². The highest BCUT2D eigenvalue weighted by Gasteiger charge is 2.42. The van der Waals surface area contributed by atoms with Crippen LogP contribution in [0, 0.1) is 0 Å². The first-order valence-electron chi connectivity index (χ1n) is 7.86. The smallest absolute Gasteiger partial charge is 0.338 e. The van der Waals surface area contributed by atoms with Gasteiger partial charge in [0.15, 0.2) is 0 Å². The molecule has 1 aromatic rings. The van der Waals surface area contributed by atoms with E-state index in [1.54, 1.807) is 36.9 Å². The van der Waals surface area contributed by atoms with E-state index in [0.717, 1.165) is 12.8 Å². The molecular formula is C17H18Cl2N2O3. The molecule has 1 N–H and O–H groups in total. The second-order valence-electron chi connectivity index (χ2n) is 5.87. The van der Waals surface area contributed by atoms with E-state index in [1.807, 2.05) is 0 Å². The Morgan fingerprint density at radius 1 is 1.38 bits per heavy atom. The van der Waals surface area contributed by atoms with Crippen LogP contribution in [0.3, 0.4) is 0 Å². The third-order valence-electron chi connectivity index (χ3n) is 4.21. The second kappa shape index (κ2) is 6.65. The van der Waals surface area contributed by atoms with Crippen LogP contribution in [-0.4, -0.2) is 29.5 Å². The first kappa shape index (κ1) is 17.1. The first-order chi connectivity index (χ1) is 11.4. The van der Waals surface area contributed by atoms with E-state index in [0.29, 0.717) is 26.9 Å². The largest absolute Gasteiger partial charge is 0.463 e. The molecule has 0 radical (unpaired) electrons. The van der Waals surface area contributed by atoms with Gasteiger partial charge >= 0.3 is 12.0 Å². The molecule has 1 aromatic carbocycles. The van der Waals surface area contributed by atoms with Crippen LogP contribution in [0.2, 0.25) is 10.0 Å². The van der Waals surface area contributed by atoms with Gasteiger partial charge in [-0.1, -0.05) is 29.3 Å². The standard InChI is InChI=1S/C17H18Cl2N2O3/c1-3-24-16(22)14-9(2)21(11-5-6-11)17(23)20-15(14)12-7-4-10(18)8-13(12)19/h4,7-8,11,15H,3,5-6H2,1-2H3,(H,20,23)/t15-/m0/s1. The molecule has 0 bridgehead atoms. The monoisotopic (exact) mass is 368 g/mol. The molecule has 128 valence electrons. The highest BCUT2D eigenvalue weighted by molar-refractivity contribution is 6.35. The normalized spacial score (nSPS) is 20.9. The van der Waals surface area contributed by atoms with Crippen LogP contribution in [0.15, 0.2) is 29.5 Å². The van der Waals surface area contributed by atoms with Gasteiger partial charge < -0.3 is 10.1 Å². The highest BCUT2D eigenvalue weighted by atomic mass is 35.5. The van der Waals surface area contributed by atoms with Gasteiger partial charge in [0, 0.05) is 21.8 Å². The van der Waals surface area contributed by atoms with Gasteiger partial charge in [0.2, 0.25) is 0 Å². The van der Waals surface area contributed by atoms with Gasteiger partial charge in [-0.15, -0.1) is 0 Å². The number of esters is 1. The van der Waals surface area contributed by atoms with Gasteiger partial charge in [-0.3, -0.25) is 4.90 Å². The van der Waals surface area contributed by atoms with E-state index in [4.69, 9.17) is 27.9 Å². The number of allylic oxidation sites excluding steroid dienone is 1. The van der Waals surface area contributed by atoms with Gasteiger partial charge in [0.25, 0.3) is 0 Å². The van der Waals surface area contributed by atoms with E-state index in [1.165, 1.54) is 0 Å². The number of halogens is 2.